The molecule has 0 spiro atoms. The summed E-state index contributed by atoms with van der Waals surface area (Å²) in [6, 6.07) is 4.08. The number of non-ortho nitro benzene ring substituents is 1. The van der Waals surface area contributed by atoms with Gasteiger partial charge in [0.2, 0.25) is 0 Å². The molecule has 0 aliphatic rings. The van der Waals surface area contributed by atoms with E-state index in [9.17, 15) is 15.2 Å². The molecular formula is C13H20N2O5. The summed E-state index contributed by atoms with van der Waals surface area (Å²) in [7, 11) is 1.52. The maximum atomic E-state index is 10.9. The van der Waals surface area contributed by atoms with Crippen LogP contribution in [-0.4, -0.2) is 42.5 Å². The van der Waals surface area contributed by atoms with Crippen LogP contribution in [0.1, 0.15) is 13.8 Å². The summed E-state index contributed by atoms with van der Waals surface area (Å²) in [6.07, 6.45) is -0.0857. The molecule has 0 bridgehead atoms. The highest BCUT2D eigenvalue weighted by Gasteiger charge is 2.14. The highest BCUT2D eigenvalue weighted by molar-refractivity contribution is 5.56. The van der Waals surface area contributed by atoms with Gasteiger partial charge < -0.3 is 19.9 Å². The summed E-state index contributed by atoms with van der Waals surface area (Å²) >= 11 is 0. The van der Waals surface area contributed by atoms with Gasteiger partial charge in [-0.3, -0.25) is 10.1 Å². The molecule has 0 aromatic heterocycles. The lowest BCUT2D eigenvalue weighted by Gasteiger charge is -2.17. The Morgan fingerprint density at radius 3 is 2.60 bits per heavy atom. The fourth-order valence-electron chi connectivity index (χ4n) is 1.69. The topological polar surface area (TPSA) is 93.9 Å². The minimum atomic E-state index is -0.483. The fraction of sp³-hybridized carbons (Fsp3) is 0.538. The van der Waals surface area contributed by atoms with Gasteiger partial charge >= 0.3 is 0 Å². The molecule has 112 valence electrons. The number of methoxy groups -OCH3 is 1. The summed E-state index contributed by atoms with van der Waals surface area (Å²) < 4.78 is 10.4. The monoisotopic (exact) mass is 284 g/mol. The van der Waals surface area contributed by atoms with Crippen LogP contribution in [0.5, 0.6) is 5.75 Å². The van der Waals surface area contributed by atoms with E-state index in [1.807, 2.05) is 13.8 Å². The van der Waals surface area contributed by atoms with Crippen LogP contribution < -0.4 is 10.1 Å². The molecule has 7 heteroatoms. The van der Waals surface area contributed by atoms with Crippen LogP contribution in [0, 0.1) is 10.1 Å². The number of anilines is 1. The Hall–Kier alpha value is -1.86. The van der Waals surface area contributed by atoms with E-state index >= 15 is 0 Å². The van der Waals surface area contributed by atoms with Crippen molar-refractivity contribution in [3.63, 3.8) is 0 Å². The molecule has 0 heterocycles. The Kier molecular flexibility index (Phi) is 6.20. The Morgan fingerprint density at radius 1 is 1.40 bits per heavy atom. The van der Waals surface area contributed by atoms with Crippen LogP contribution in [0.4, 0.5) is 11.4 Å². The van der Waals surface area contributed by atoms with Gasteiger partial charge in [0.1, 0.15) is 5.75 Å². The number of nitrogens with zero attached hydrogens (tertiary/aromatic N) is 1. The lowest BCUT2D eigenvalue weighted by molar-refractivity contribution is -0.384. The Bertz CT molecular complexity index is 450. The van der Waals surface area contributed by atoms with Crippen LogP contribution in [0.3, 0.4) is 0 Å². The molecule has 1 rings (SSSR count). The third-order valence-electron chi connectivity index (χ3n) is 2.43. The summed E-state index contributed by atoms with van der Waals surface area (Å²) in [5.41, 5.74) is 0.436. The minimum Gasteiger partial charge on any atom is -0.491 e. The van der Waals surface area contributed by atoms with Gasteiger partial charge in [0.05, 0.1) is 36.3 Å². The largest absolute Gasteiger partial charge is 0.491 e. The van der Waals surface area contributed by atoms with Crippen molar-refractivity contribution in [3.05, 3.63) is 28.3 Å². The summed E-state index contributed by atoms with van der Waals surface area (Å²) in [4.78, 5) is 10.4. The zero-order chi connectivity index (χ0) is 15.1. The van der Waals surface area contributed by atoms with E-state index in [4.69, 9.17) is 9.47 Å². The van der Waals surface area contributed by atoms with Gasteiger partial charge in [-0.05, 0) is 13.8 Å². The van der Waals surface area contributed by atoms with Crippen molar-refractivity contribution in [2.24, 2.45) is 0 Å². The minimum absolute atomic E-state index is 0.0697. The molecule has 0 aliphatic carbocycles. The zero-order valence-electron chi connectivity index (χ0n) is 11.8. The number of nitro benzene ring substituents is 1. The maximum absolute atomic E-state index is 10.9. The van der Waals surface area contributed by atoms with Gasteiger partial charge in [0.15, 0.2) is 0 Å². The van der Waals surface area contributed by atoms with Crippen molar-refractivity contribution in [1.82, 2.24) is 0 Å². The van der Waals surface area contributed by atoms with Crippen molar-refractivity contribution in [3.8, 4) is 5.75 Å². The van der Waals surface area contributed by atoms with E-state index in [1.165, 1.54) is 19.2 Å². The molecule has 0 saturated carbocycles. The molecule has 20 heavy (non-hydrogen) atoms. The lowest BCUT2D eigenvalue weighted by atomic mass is 10.2. The summed E-state index contributed by atoms with van der Waals surface area (Å²) in [6.45, 7) is 3.83. The molecule has 0 amide bonds. The van der Waals surface area contributed by atoms with Crippen LogP contribution in [0.2, 0.25) is 0 Å². The number of nitrogens with one attached hydrogen (secondary N) is 1. The van der Waals surface area contributed by atoms with Crippen molar-refractivity contribution in [2.75, 3.05) is 25.6 Å². The molecule has 1 unspecified atom stereocenters. The number of ether oxygens (including phenoxy) is 2. The van der Waals surface area contributed by atoms with E-state index in [2.05, 4.69) is 5.32 Å². The van der Waals surface area contributed by atoms with Gasteiger partial charge in [-0.25, -0.2) is 0 Å². The second-order valence-electron chi connectivity index (χ2n) is 4.62. The molecule has 1 atom stereocenters. The number of aliphatic hydroxyl groups is 1. The number of benzene rings is 1. The number of hydrogen-bond donors (Lipinski definition) is 2. The van der Waals surface area contributed by atoms with Crippen molar-refractivity contribution < 1.29 is 19.5 Å². The first-order chi connectivity index (χ1) is 9.46. The second kappa shape index (κ2) is 7.66. The van der Waals surface area contributed by atoms with Crippen molar-refractivity contribution >= 4 is 11.4 Å². The normalized spacial score (nSPS) is 12.2. The lowest BCUT2D eigenvalue weighted by Crippen LogP contribution is -2.28. The quantitative estimate of drug-likeness (QED) is 0.558. The smallest absolute Gasteiger partial charge is 0.275 e. The van der Waals surface area contributed by atoms with Crippen molar-refractivity contribution in [2.45, 2.75) is 26.0 Å². The van der Waals surface area contributed by atoms with E-state index in [1.54, 1.807) is 6.07 Å². The second-order valence-corrected chi connectivity index (χ2v) is 4.62. The number of hydrogen-bond acceptors (Lipinski definition) is 6. The molecule has 0 saturated heterocycles. The van der Waals surface area contributed by atoms with E-state index in [-0.39, 0.29) is 24.4 Å². The van der Waals surface area contributed by atoms with Crippen LogP contribution in [0.25, 0.3) is 0 Å². The fourth-order valence-corrected chi connectivity index (χ4v) is 1.69. The molecule has 7 nitrogen and oxygen atoms in total. The SMILES string of the molecule is COCC(CO)Nc1cc(OC(C)C)cc([N+](=O)[O-])c1. The molecule has 2 N–H and O–H groups in total. The predicted molar refractivity (Wildman–Crippen MR) is 75.2 cm³/mol. The van der Waals surface area contributed by atoms with E-state index in [0.29, 0.717) is 18.0 Å². The number of aliphatic hydroxyl groups excluding tert-OH is 1. The molecule has 1 aromatic carbocycles. The predicted octanol–water partition coefficient (Wildman–Crippen LogP) is 1.80. The Labute approximate surface area is 117 Å². The van der Waals surface area contributed by atoms with Gasteiger partial charge in [-0.2, -0.15) is 0 Å². The molecule has 0 aliphatic heterocycles. The first-order valence-electron chi connectivity index (χ1n) is 6.28. The van der Waals surface area contributed by atoms with Crippen LogP contribution in [0.15, 0.2) is 18.2 Å². The van der Waals surface area contributed by atoms with Crippen LogP contribution >= 0.6 is 0 Å². The van der Waals surface area contributed by atoms with E-state index in [0.717, 1.165) is 0 Å². The summed E-state index contributed by atoms with van der Waals surface area (Å²) in [5.74, 6) is 0.408. The van der Waals surface area contributed by atoms with Gasteiger partial charge in [-0.15, -0.1) is 0 Å². The van der Waals surface area contributed by atoms with Crippen LogP contribution in [-0.2, 0) is 4.74 Å². The Morgan fingerprint density at radius 2 is 2.10 bits per heavy atom. The highest BCUT2D eigenvalue weighted by atomic mass is 16.6. The average Bonchev–Trinajstić information content (AvgIpc) is 2.37. The third kappa shape index (κ3) is 5.02. The average molecular weight is 284 g/mol. The van der Waals surface area contributed by atoms with Gasteiger partial charge in [0, 0.05) is 24.9 Å². The Balaban J connectivity index is 2.98. The maximum Gasteiger partial charge on any atom is 0.275 e. The van der Waals surface area contributed by atoms with Crippen molar-refractivity contribution in [1.29, 1.82) is 0 Å². The first kappa shape index (κ1) is 16.2. The highest BCUT2D eigenvalue weighted by Crippen LogP contribution is 2.27. The van der Waals surface area contributed by atoms with Gasteiger partial charge in [-0.1, -0.05) is 0 Å². The number of nitro groups is 1. The molecule has 0 fully saturated rings. The zero-order valence-corrected chi connectivity index (χ0v) is 11.8. The number of rotatable bonds is 8. The molecule has 0 radical (unpaired) electrons. The standard InChI is InChI=1S/C13H20N2O5/c1-9(2)20-13-5-10(4-12(6-13)15(17)18)14-11(7-16)8-19-3/h4-6,9,11,14,16H,7-8H2,1-3H3. The molecular weight excluding hydrogens is 264 g/mol. The molecule has 1 aromatic rings. The van der Waals surface area contributed by atoms with E-state index < -0.39 is 4.92 Å². The van der Waals surface area contributed by atoms with Gasteiger partial charge in [0.25, 0.3) is 5.69 Å². The third-order valence-corrected chi connectivity index (χ3v) is 2.43. The first-order valence-corrected chi connectivity index (χ1v) is 6.28. The summed E-state index contributed by atoms with van der Waals surface area (Å²) in [5, 5.41) is 23.1.